The van der Waals surface area contributed by atoms with Gasteiger partial charge in [-0.3, -0.25) is 9.59 Å². The standard InChI is InChI=1S/C30H34Cl2N2O3/c1-22(2)37-18-6-17-33-30(36)28(19-23-7-4-3-5-8-23)34(21-25-11-15-27(32)16-12-25)29(35)20-24-9-13-26(31)14-10-24/h3-5,7-16,22,28H,6,17-21H2,1-2H3,(H,33,36)/t28-/m0/s1. The van der Waals surface area contributed by atoms with Crippen LogP contribution in [0.2, 0.25) is 10.0 Å². The second-order valence-electron chi connectivity index (χ2n) is 9.22. The molecule has 0 fully saturated rings. The molecule has 37 heavy (non-hydrogen) atoms. The van der Waals surface area contributed by atoms with E-state index in [-0.39, 0.29) is 30.9 Å². The molecule has 1 atom stereocenters. The Morgan fingerprint density at radius 3 is 2.03 bits per heavy atom. The van der Waals surface area contributed by atoms with Crippen molar-refractivity contribution in [2.75, 3.05) is 13.2 Å². The lowest BCUT2D eigenvalue weighted by molar-refractivity contribution is -0.140. The lowest BCUT2D eigenvalue weighted by Crippen LogP contribution is -2.51. The van der Waals surface area contributed by atoms with Crippen molar-refractivity contribution < 1.29 is 14.3 Å². The smallest absolute Gasteiger partial charge is 0.243 e. The molecule has 2 amide bonds. The molecule has 0 aliphatic heterocycles. The lowest BCUT2D eigenvalue weighted by atomic mass is 10.0. The molecule has 0 aromatic heterocycles. The molecule has 0 bridgehead atoms. The van der Waals surface area contributed by atoms with Crippen LogP contribution in [0, 0.1) is 0 Å². The minimum Gasteiger partial charge on any atom is -0.379 e. The minimum absolute atomic E-state index is 0.141. The third-order valence-electron chi connectivity index (χ3n) is 5.88. The van der Waals surface area contributed by atoms with Gasteiger partial charge < -0.3 is 15.0 Å². The Morgan fingerprint density at radius 2 is 1.43 bits per heavy atom. The average Bonchev–Trinajstić information content (AvgIpc) is 2.88. The zero-order valence-corrected chi connectivity index (χ0v) is 22.8. The van der Waals surface area contributed by atoms with Gasteiger partial charge in [-0.1, -0.05) is 77.8 Å². The highest BCUT2D eigenvalue weighted by atomic mass is 35.5. The van der Waals surface area contributed by atoms with E-state index >= 15 is 0 Å². The summed E-state index contributed by atoms with van der Waals surface area (Å²) < 4.78 is 5.59. The molecular weight excluding hydrogens is 507 g/mol. The van der Waals surface area contributed by atoms with Crippen LogP contribution in [-0.4, -0.2) is 42.0 Å². The third kappa shape index (κ3) is 9.84. The van der Waals surface area contributed by atoms with Crippen LogP contribution in [0.1, 0.15) is 37.0 Å². The van der Waals surface area contributed by atoms with E-state index in [1.165, 1.54) is 0 Å². The number of amides is 2. The Labute approximate surface area is 229 Å². The summed E-state index contributed by atoms with van der Waals surface area (Å²) in [5.74, 6) is -0.330. The van der Waals surface area contributed by atoms with Gasteiger partial charge in [-0.2, -0.15) is 0 Å². The molecule has 7 heteroatoms. The van der Waals surface area contributed by atoms with Crippen LogP contribution in [0.3, 0.4) is 0 Å². The summed E-state index contributed by atoms with van der Waals surface area (Å²) in [5, 5.41) is 4.25. The first-order valence-electron chi connectivity index (χ1n) is 12.5. The van der Waals surface area contributed by atoms with Crippen molar-refractivity contribution in [3.05, 3.63) is 106 Å². The van der Waals surface area contributed by atoms with E-state index in [2.05, 4.69) is 5.32 Å². The molecule has 0 saturated heterocycles. The van der Waals surface area contributed by atoms with E-state index in [0.717, 1.165) is 16.7 Å². The maximum absolute atomic E-state index is 13.7. The van der Waals surface area contributed by atoms with Crippen LogP contribution in [0.15, 0.2) is 78.9 Å². The van der Waals surface area contributed by atoms with Crippen LogP contribution < -0.4 is 5.32 Å². The molecular formula is C30H34Cl2N2O3. The summed E-state index contributed by atoms with van der Waals surface area (Å²) in [6.45, 7) is 5.28. The molecule has 0 aliphatic rings. The van der Waals surface area contributed by atoms with Crippen LogP contribution in [0.5, 0.6) is 0 Å². The second-order valence-corrected chi connectivity index (χ2v) is 10.1. The number of halogens is 2. The first-order chi connectivity index (χ1) is 17.8. The number of carbonyl (C=O) groups is 2. The molecule has 0 aliphatic carbocycles. The van der Waals surface area contributed by atoms with Crippen molar-refractivity contribution in [3.63, 3.8) is 0 Å². The van der Waals surface area contributed by atoms with E-state index in [9.17, 15) is 9.59 Å². The van der Waals surface area contributed by atoms with E-state index in [1.807, 2.05) is 68.4 Å². The fourth-order valence-corrected chi connectivity index (χ4v) is 4.19. The maximum Gasteiger partial charge on any atom is 0.243 e. The van der Waals surface area contributed by atoms with E-state index in [1.54, 1.807) is 29.2 Å². The van der Waals surface area contributed by atoms with Gasteiger partial charge in [0.1, 0.15) is 6.04 Å². The van der Waals surface area contributed by atoms with Gasteiger partial charge in [0.25, 0.3) is 0 Å². The largest absolute Gasteiger partial charge is 0.379 e. The number of ether oxygens (including phenoxy) is 1. The average molecular weight is 542 g/mol. The van der Waals surface area contributed by atoms with Gasteiger partial charge in [0.2, 0.25) is 11.8 Å². The highest BCUT2D eigenvalue weighted by Gasteiger charge is 2.30. The van der Waals surface area contributed by atoms with Crippen molar-refractivity contribution >= 4 is 35.0 Å². The number of carbonyl (C=O) groups excluding carboxylic acids is 2. The Balaban J connectivity index is 1.86. The van der Waals surface area contributed by atoms with Gasteiger partial charge in [0.15, 0.2) is 0 Å². The van der Waals surface area contributed by atoms with Gasteiger partial charge in [0, 0.05) is 36.2 Å². The topological polar surface area (TPSA) is 58.6 Å². The summed E-state index contributed by atoms with van der Waals surface area (Å²) >= 11 is 12.1. The van der Waals surface area contributed by atoms with E-state index in [4.69, 9.17) is 27.9 Å². The predicted octanol–water partition coefficient (Wildman–Crippen LogP) is 6.11. The van der Waals surface area contributed by atoms with Crippen LogP contribution in [0.25, 0.3) is 0 Å². The third-order valence-corrected chi connectivity index (χ3v) is 6.38. The first-order valence-corrected chi connectivity index (χ1v) is 13.3. The molecule has 0 spiro atoms. The zero-order chi connectivity index (χ0) is 26.6. The summed E-state index contributed by atoms with van der Waals surface area (Å²) in [5.41, 5.74) is 2.71. The SMILES string of the molecule is CC(C)OCCCNC(=O)[C@H](Cc1ccccc1)N(Cc1ccc(Cl)cc1)C(=O)Cc1ccc(Cl)cc1. The molecule has 3 rings (SSSR count). The molecule has 1 N–H and O–H groups in total. The van der Waals surface area contributed by atoms with Crippen LogP contribution >= 0.6 is 23.2 Å². The molecule has 0 saturated carbocycles. The minimum atomic E-state index is -0.691. The predicted molar refractivity (Wildman–Crippen MR) is 150 cm³/mol. The van der Waals surface area contributed by atoms with Gasteiger partial charge in [-0.15, -0.1) is 0 Å². The fourth-order valence-electron chi connectivity index (χ4n) is 3.94. The molecule has 3 aromatic rings. The Bertz CT molecular complexity index is 1120. The van der Waals surface area contributed by atoms with Crippen molar-refractivity contribution in [2.24, 2.45) is 0 Å². The highest BCUT2D eigenvalue weighted by Crippen LogP contribution is 2.19. The van der Waals surface area contributed by atoms with Gasteiger partial charge in [-0.25, -0.2) is 0 Å². The Kier molecular flexibility index (Phi) is 11.5. The van der Waals surface area contributed by atoms with E-state index in [0.29, 0.717) is 36.0 Å². The maximum atomic E-state index is 13.7. The Morgan fingerprint density at radius 1 is 0.838 bits per heavy atom. The second kappa shape index (κ2) is 14.8. The Hall–Kier alpha value is -2.86. The number of hydrogen-bond acceptors (Lipinski definition) is 3. The number of nitrogens with zero attached hydrogens (tertiary/aromatic N) is 1. The fraction of sp³-hybridized carbons (Fsp3) is 0.333. The summed E-state index contributed by atoms with van der Waals surface area (Å²) in [6.07, 6.45) is 1.39. The molecule has 3 aromatic carbocycles. The molecule has 0 radical (unpaired) electrons. The van der Waals surface area contributed by atoms with Crippen LogP contribution in [-0.2, 0) is 33.7 Å². The number of benzene rings is 3. The lowest BCUT2D eigenvalue weighted by Gasteiger charge is -2.32. The first kappa shape index (κ1) is 28.7. The van der Waals surface area contributed by atoms with Gasteiger partial charge >= 0.3 is 0 Å². The number of hydrogen-bond donors (Lipinski definition) is 1. The van der Waals surface area contributed by atoms with Crippen LogP contribution in [0.4, 0.5) is 0 Å². The molecule has 0 heterocycles. The zero-order valence-electron chi connectivity index (χ0n) is 21.3. The summed E-state index contributed by atoms with van der Waals surface area (Å²) in [7, 11) is 0. The van der Waals surface area contributed by atoms with Crippen molar-refractivity contribution in [1.29, 1.82) is 0 Å². The number of nitrogens with one attached hydrogen (secondary N) is 1. The number of rotatable bonds is 13. The van der Waals surface area contributed by atoms with Gasteiger partial charge in [0.05, 0.1) is 12.5 Å². The van der Waals surface area contributed by atoms with Gasteiger partial charge in [-0.05, 0) is 61.2 Å². The normalized spacial score (nSPS) is 11.8. The van der Waals surface area contributed by atoms with Crippen molar-refractivity contribution in [1.82, 2.24) is 10.2 Å². The highest BCUT2D eigenvalue weighted by molar-refractivity contribution is 6.30. The summed E-state index contributed by atoms with van der Waals surface area (Å²) in [6, 6.07) is 23.6. The monoisotopic (exact) mass is 540 g/mol. The summed E-state index contributed by atoms with van der Waals surface area (Å²) in [4.78, 5) is 28.9. The molecule has 5 nitrogen and oxygen atoms in total. The van der Waals surface area contributed by atoms with Crippen molar-refractivity contribution in [3.8, 4) is 0 Å². The van der Waals surface area contributed by atoms with E-state index < -0.39 is 6.04 Å². The van der Waals surface area contributed by atoms with Crippen molar-refractivity contribution in [2.45, 2.75) is 51.8 Å². The molecule has 196 valence electrons. The quantitative estimate of drug-likeness (QED) is 0.266. The molecule has 0 unspecified atom stereocenters.